The van der Waals surface area contributed by atoms with Crippen LogP contribution in [0.3, 0.4) is 0 Å². The van der Waals surface area contributed by atoms with Crippen LogP contribution in [0.2, 0.25) is 0 Å². The maximum Gasteiger partial charge on any atom is 0.248 e. The minimum absolute atomic E-state index is 0.129. The SMILES string of the molecule is O=c1ccc2cnc(OCCCCOCc3ccccc3)cc2[nH]1. The van der Waals surface area contributed by atoms with Crippen molar-refractivity contribution >= 4 is 10.9 Å². The number of aromatic nitrogens is 2. The minimum Gasteiger partial charge on any atom is -0.478 e. The van der Waals surface area contributed by atoms with E-state index in [0.717, 1.165) is 23.7 Å². The number of nitrogens with zero attached hydrogens (tertiary/aromatic N) is 1. The standard InChI is InChI=1S/C19H20N2O3/c22-18-9-8-16-13-20-19(12-17(16)21-18)24-11-5-4-10-23-14-15-6-2-1-3-7-15/h1-3,6-9,12-13H,4-5,10-11,14H2,(H,21,22). The van der Waals surface area contributed by atoms with Gasteiger partial charge in [-0.25, -0.2) is 4.98 Å². The fourth-order valence-electron chi connectivity index (χ4n) is 2.35. The fraction of sp³-hybridized carbons (Fsp3) is 0.263. The smallest absolute Gasteiger partial charge is 0.248 e. The molecule has 124 valence electrons. The van der Waals surface area contributed by atoms with Crippen LogP contribution in [0.25, 0.3) is 10.9 Å². The van der Waals surface area contributed by atoms with E-state index in [1.54, 1.807) is 18.3 Å². The molecule has 0 aliphatic carbocycles. The van der Waals surface area contributed by atoms with E-state index in [-0.39, 0.29) is 5.56 Å². The third kappa shape index (κ3) is 4.67. The Labute approximate surface area is 140 Å². The molecule has 0 radical (unpaired) electrons. The molecule has 0 amide bonds. The molecule has 0 saturated carbocycles. The first-order valence-electron chi connectivity index (χ1n) is 8.05. The van der Waals surface area contributed by atoms with Crippen molar-refractivity contribution in [2.24, 2.45) is 0 Å². The molecule has 5 heteroatoms. The molecule has 0 unspecified atom stereocenters. The van der Waals surface area contributed by atoms with Crippen LogP contribution in [0.15, 0.2) is 59.5 Å². The highest BCUT2D eigenvalue weighted by atomic mass is 16.5. The number of hydrogen-bond donors (Lipinski definition) is 1. The highest BCUT2D eigenvalue weighted by Crippen LogP contribution is 2.14. The van der Waals surface area contributed by atoms with Gasteiger partial charge < -0.3 is 14.5 Å². The van der Waals surface area contributed by atoms with Crippen LogP contribution >= 0.6 is 0 Å². The summed E-state index contributed by atoms with van der Waals surface area (Å²) < 4.78 is 11.3. The monoisotopic (exact) mass is 324 g/mol. The van der Waals surface area contributed by atoms with Gasteiger partial charge in [0.2, 0.25) is 11.4 Å². The highest BCUT2D eigenvalue weighted by Gasteiger charge is 2.00. The molecule has 0 spiro atoms. The average molecular weight is 324 g/mol. The Balaban J connectivity index is 1.37. The lowest BCUT2D eigenvalue weighted by Crippen LogP contribution is -2.04. The number of benzene rings is 1. The normalized spacial score (nSPS) is 10.8. The van der Waals surface area contributed by atoms with E-state index < -0.39 is 0 Å². The van der Waals surface area contributed by atoms with Crippen molar-refractivity contribution in [3.05, 3.63) is 70.6 Å². The predicted molar refractivity (Wildman–Crippen MR) is 93.2 cm³/mol. The predicted octanol–water partition coefficient (Wildman–Crippen LogP) is 3.30. The Hall–Kier alpha value is -2.66. The Kier molecular flexibility index (Phi) is 5.58. The zero-order chi connectivity index (χ0) is 16.6. The summed E-state index contributed by atoms with van der Waals surface area (Å²) in [5.74, 6) is 0.523. The molecule has 24 heavy (non-hydrogen) atoms. The lowest BCUT2D eigenvalue weighted by Gasteiger charge is -2.07. The van der Waals surface area contributed by atoms with Gasteiger partial charge in [0.1, 0.15) is 0 Å². The molecule has 0 fully saturated rings. The van der Waals surface area contributed by atoms with Gasteiger partial charge in [0, 0.05) is 30.3 Å². The number of nitrogens with one attached hydrogen (secondary N) is 1. The molecule has 0 saturated heterocycles. The fourth-order valence-corrected chi connectivity index (χ4v) is 2.35. The quantitative estimate of drug-likeness (QED) is 0.646. The van der Waals surface area contributed by atoms with Crippen molar-refractivity contribution in [2.75, 3.05) is 13.2 Å². The molecular weight excluding hydrogens is 304 g/mol. The Morgan fingerprint density at radius 2 is 1.83 bits per heavy atom. The summed E-state index contributed by atoms with van der Waals surface area (Å²) in [7, 11) is 0. The van der Waals surface area contributed by atoms with E-state index in [0.29, 0.717) is 25.7 Å². The summed E-state index contributed by atoms with van der Waals surface area (Å²) in [4.78, 5) is 18.3. The molecule has 0 atom stereocenters. The van der Waals surface area contributed by atoms with Crippen molar-refractivity contribution in [3.63, 3.8) is 0 Å². The van der Waals surface area contributed by atoms with Crippen molar-refractivity contribution < 1.29 is 9.47 Å². The lowest BCUT2D eigenvalue weighted by molar-refractivity contribution is 0.113. The van der Waals surface area contributed by atoms with Crippen LogP contribution in [0.4, 0.5) is 0 Å². The second-order valence-electron chi connectivity index (χ2n) is 5.53. The van der Waals surface area contributed by atoms with Gasteiger partial charge in [-0.3, -0.25) is 4.79 Å². The second-order valence-corrected chi connectivity index (χ2v) is 5.53. The maximum absolute atomic E-state index is 11.3. The van der Waals surface area contributed by atoms with E-state index in [2.05, 4.69) is 22.1 Å². The second kappa shape index (κ2) is 8.26. The van der Waals surface area contributed by atoms with Crippen molar-refractivity contribution in [3.8, 4) is 5.88 Å². The number of pyridine rings is 2. The maximum atomic E-state index is 11.3. The van der Waals surface area contributed by atoms with Crippen molar-refractivity contribution in [1.29, 1.82) is 0 Å². The zero-order valence-electron chi connectivity index (χ0n) is 13.4. The number of ether oxygens (including phenoxy) is 2. The van der Waals surface area contributed by atoms with Crippen LogP contribution in [-0.4, -0.2) is 23.2 Å². The Morgan fingerprint density at radius 1 is 1.00 bits per heavy atom. The molecule has 0 aliphatic heterocycles. The van der Waals surface area contributed by atoms with Gasteiger partial charge in [0.25, 0.3) is 0 Å². The van der Waals surface area contributed by atoms with Gasteiger partial charge in [-0.1, -0.05) is 30.3 Å². The molecule has 3 rings (SSSR count). The Morgan fingerprint density at radius 3 is 2.71 bits per heavy atom. The van der Waals surface area contributed by atoms with Crippen molar-refractivity contribution in [2.45, 2.75) is 19.4 Å². The number of unbranched alkanes of at least 4 members (excludes halogenated alkanes) is 1. The zero-order valence-corrected chi connectivity index (χ0v) is 13.4. The van der Waals surface area contributed by atoms with E-state index in [4.69, 9.17) is 9.47 Å². The van der Waals surface area contributed by atoms with Gasteiger partial charge in [0.15, 0.2) is 0 Å². The molecule has 1 aromatic carbocycles. The summed E-state index contributed by atoms with van der Waals surface area (Å²) in [6.45, 7) is 1.92. The van der Waals surface area contributed by atoms with Crippen molar-refractivity contribution in [1.82, 2.24) is 9.97 Å². The largest absolute Gasteiger partial charge is 0.478 e. The summed E-state index contributed by atoms with van der Waals surface area (Å²) in [6.07, 6.45) is 3.51. The van der Waals surface area contributed by atoms with Gasteiger partial charge in [0.05, 0.1) is 18.7 Å². The van der Waals surface area contributed by atoms with E-state index in [1.807, 2.05) is 18.2 Å². The third-order valence-corrected chi connectivity index (χ3v) is 3.63. The molecule has 5 nitrogen and oxygen atoms in total. The van der Waals surface area contributed by atoms with Gasteiger partial charge >= 0.3 is 0 Å². The third-order valence-electron chi connectivity index (χ3n) is 3.63. The Bertz CT molecular complexity index is 831. The average Bonchev–Trinajstić information content (AvgIpc) is 2.61. The lowest BCUT2D eigenvalue weighted by atomic mass is 10.2. The number of rotatable bonds is 8. The van der Waals surface area contributed by atoms with Gasteiger partial charge in [-0.15, -0.1) is 0 Å². The first-order chi connectivity index (χ1) is 11.8. The molecule has 1 N–H and O–H groups in total. The molecule has 2 aromatic heterocycles. The first-order valence-corrected chi connectivity index (χ1v) is 8.05. The minimum atomic E-state index is -0.129. The molecule has 3 aromatic rings. The van der Waals surface area contributed by atoms with Crippen LogP contribution in [0.5, 0.6) is 5.88 Å². The van der Waals surface area contributed by atoms with E-state index >= 15 is 0 Å². The molecular formula is C19H20N2O3. The van der Waals surface area contributed by atoms with Crippen LogP contribution in [-0.2, 0) is 11.3 Å². The highest BCUT2D eigenvalue weighted by molar-refractivity contribution is 5.77. The summed E-state index contributed by atoms with van der Waals surface area (Å²) in [5.41, 5.74) is 1.79. The first kappa shape index (κ1) is 16.2. The molecule has 2 heterocycles. The summed E-state index contributed by atoms with van der Waals surface area (Å²) in [6, 6.07) is 15.1. The topological polar surface area (TPSA) is 64.2 Å². The number of fused-ring (bicyclic) bond motifs is 1. The summed E-state index contributed by atoms with van der Waals surface area (Å²) >= 11 is 0. The van der Waals surface area contributed by atoms with E-state index in [1.165, 1.54) is 11.6 Å². The van der Waals surface area contributed by atoms with Crippen LogP contribution < -0.4 is 10.3 Å². The molecule has 0 aliphatic rings. The molecule has 0 bridgehead atoms. The number of aromatic amines is 1. The summed E-state index contributed by atoms with van der Waals surface area (Å²) in [5, 5.41) is 0.885. The van der Waals surface area contributed by atoms with Gasteiger partial charge in [-0.2, -0.15) is 0 Å². The van der Waals surface area contributed by atoms with E-state index in [9.17, 15) is 4.79 Å². The number of H-pyrrole nitrogens is 1. The number of hydrogen-bond acceptors (Lipinski definition) is 4. The van der Waals surface area contributed by atoms with Gasteiger partial charge in [-0.05, 0) is 24.5 Å². The van der Waals surface area contributed by atoms with Crippen LogP contribution in [0, 0.1) is 0 Å². The van der Waals surface area contributed by atoms with Crippen LogP contribution in [0.1, 0.15) is 18.4 Å².